The summed E-state index contributed by atoms with van der Waals surface area (Å²) in [7, 11) is 0. The molecule has 7 heteroatoms. The molecule has 172 valence electrons. The van der Waals surface area contributed by atoms with Crippen molar-refractivity contribution in [3.63, 3.8) is 0 Å². The number of carbonyl (C=O) groups is 1. The van der Waals surface area contributed by atoms with Gasteiger partial charge in [0.2, 0.25) is 0 Å². The molecule has 3 heterocycles. The van der Waals surface area contributed by atoms with E-state index < -0.39 is 0 Å². The van der Waals surface area contributed by atoms with Crippen molar-refractivity contribution in [2.75, 3.05) is 18.4 Å². The summed E-state index contributed by atoms with van der Waals surface area (Å²) in [5.74, 6) is 0.561. The number of aryl methyl sites for hydroxylation is 1. The molecule has 4 rings (SSSR count). The molecule has 1 atom stereocenters. The van der Waals surface area contributed by atoms with Gasteiger partial charge in [-0.15, -0.1) is 17.9 Å². The Hall–Kier alpha value is -3.45. The van der Waals surface area contributed by atoms with E-state index in [2.05, 4.69) is 35.0 Å². The molecule has 0 bridgehead atoms. The van der Waals surface area contributed by atoms with Gasteiger partial charge in [-0.05, 0) is 44.4 Å². The van der Waals surface area contributed by atoms with E-state index in [4.69, 9.17) is 4.42 Å². The number of oxazole rings is 1. The van der Waals surface area contributed by atoms with E-state index in [0.717, 1.165) is 34.8 Å². The molecule has 6 nitrogen and oxygen atoms in total. The highest BCUT2D eigenvalue weighted by atomic mass is 32.1. The number of allylic oxidation sites excluding steroid dienone is 1. The first-order valence-electron chi connectivity index (χ1n) is 10.9. The first-order chi connectivity index (χ1) is 16.0. The maximum Gasteiger partial charge on any atom is 0.295 e. The lowest BCUT2D eigenvalue weighted by atomic mass is 10.1. The lowest BCUT2D eigenvalue weighted by Crippen LogP contribution is -2.40. The van der Waals surface area contributed by atoms with E-state index in [1.165, 1.54) is 0 Å². The molecule has 0 spiro atoms. The normalized spacial score (nSPS) is 14.8. The van der Waals surface area contributed by atoms with Crippen LogP contribution in [0.15, 0.2) is 60.6 Å². The number of likely N-dealkylation sites (tertiary alicyclic amines) is 1. The molecule has 2 aromatic heterocycles. The fraction of sp³-hybridized carbons (Fsp3) is 0.269. The molecule has 1 aliphatic heterocycles. The van der Waals surface area contributed by atoms with Crippen LogP contribution in [0.25, 0.3) is 22.6 Å². The average Bonchev–Trinajstić information content (AvgIpc) is 3.56. The number of carbonyl (C=O) groups excluding carboxylic acids is 1. The summed E-state index contributed by atoms with van der Waals surface area (Å²) in [5, 5.41) is 4.11. The Kier molecular flexibility index (Phi) is 8.38. The van der Waals surface area contributed by atoms with Crippen LogP contribution in [0.5, 0.6) is 0 Å². The minimum absolute atomic E-state index is 0.0199. The third kappa shape index (κ3) is 5.68. The van der Waals surface area contributed by atoms with Crippen molar-refractivity contribution in [2.45, 2.75) is 32.7 Å². The maximum absolute atomic E-state index is 13.4. The topological polar surface area (TPSA) is 71.3 Å². The number of rotatable bonds is 7. The number of nitrogens with one attached hydrogen (secondary N) is 1. The third-order valence-electron chi connectivity index (χ3n) is 5.16. The molecule has 1 amide bonds. The number of anilines is 1. The smallest absolute Gasteiger partial charge is 0.295 e. The van der Waals surface area contributed by atoms with Crippen LogP contribution in [0.1, 0.15) is 46.7 Å². The highest BCUT2D eigenvalue weighted by Crippen LogP contribution is 2.32. The van der Waals surface area contributed by atoms with Crippen LogP contribution >= 0.6 is 11.3 Å². The van der Waals surface area contributed by atoms with E-state index in [-0.39, 0.29) is 11.9 Å². The number of thiazole rings is 1. The van der Waals surface area contributed by atoms with E-state index in [9.17, 15) is 4.79 Å². The summed E-state index contributed by atoms with van der Waals surface area (Å²) in [4.78, 5) is 25.2. The second kappa shape index (κ2) is 11.4. The molecule has 0 radical (unpaired) electrons. The zero-order chi connectivity index (χ0) is 23.8. The number of aromatic nitrogens is 2. The van der Waals surface area contributed by atoms with Crippen molar-refractivity contribution in [3.05, 3.63) is 78.3 Å². The molecule has 1 unspecified atom stereocenters. The molecule has 0 saturated carbocycles. The van der Waals surface area contributed by atoms with E-state index in [0.29, 0.717) is 29.7 Å². The standard InChI is InChI=1S/C23H24N4O2S.C3H6/c1-4-18-19(5-2)29-23(26-18)24-14-17-12-9-13-27(17)22(28)20-21(30-15(3)25-20)16-10-7-6-8-11-16;1-3-2/h4-8,10-11,17H,1-2,9,12-14H2,3H3,(H,24,26);3H,1H2,2H3. The van der Waals surface area contributed by atoms with Crippen LogP contribution in [-0.4, -0.2) is 39.9 Å². The SMILES string of the molecule is C=CC.C=Cc1nc(NCC2CCCN2C(=O)c2nc(C)sc2-c2ccccc2)oc1C=C. The molecule has 1 fully saturated rings. The first kappa shape index (κ1) is 24.2. The van der Waals surface area contributed by atoms with E-state index >= 15 is 0 Å². The van der Waals surface area contributed by atoms with Crippen molar-refractivity contribution in [1.29, 1.82) is 0 Å². The summed E-state index contributed by atoms with van der Waals surface area (Å²) >= 11 is 1.56. The highest BCUT2D eigenvalue weighted by Gasteiger charge is 2.32. The van der Waals surface area contributed by atoms with Gasteiger partial charge in [-0.25, -0.2) is 4.98 Å². The highest BCUT2D eigenvalue weighted by molar-refractivity contribution is 7.15. The van der Waals surface area contributed by atoms with Crippen molar-refractivity contribution in [2.24, 2.45) is 0 Å². The van der Waals surface area contributed by atoms with Gasteiger partial charge in [0, 0.05) is 19.1 Å². The van der Waals surface area contributed by atoms with Gasteiger partial charge < -0.3 is 14.6 Å². The van der Waals surface area contributed by atoms with Crippen LogP contribution in [0.3, 0.4) is 0 Å². The van der Waals surface area contributed by atoms with E-state index in [1.807, 2.05) is 49.1 Å². The van der Waals surface area contributed by atoms with Crippen LogP contribution in [0.2, 0.25) is 0 Å². The van der Waals surface area contributed by atoms with Crippen LogP contribution in [-0.2, 0) is 0 Å². The van der Waals surface area contributed by atoms with Crippen LogP contribution in [0, 0.1) is 6.92 Å². The lowest BCUT2D eigenvalue weighted by Gasteiger charge is -2.24. The van der Waals surface area contributed by atoms with E-state index in [1.54, 1.807) is 29.6 Å². The molecule has 1 aromatic carbocycles. The van der Waals surface area contributed by atoms with Crippen molar-refractivity contribution in [3.8, 4) is 10.4 Å². The van der Waals surface area contributed by atoms with Crippen molar-refractivity contribution < 1.29 is 9.21 Å². The second-order valence-corrected chi connectivity index (χ2v) is 8.74. The Balaban J connectivity index is 0.000000968. The molecule has 0 aliphatic carbocycles. The largest absolute Gasteiger partial charge is 0.424 e. The Morgan fingerprint density at radius 1 is 1.24 bits per heavy atom. The Labute approximate surface area is 199 Å². The fourth-order valence-corrected chi connectivity index (χ4v) is 4.64. The third-order valence-corrected chi connectivity index (χ3v) is 6.18. The van der Waals surface area contributed by atoms with Gasteiger partial charge in [0.1, 0.15) is 11.4 Å². The second-order valence-electron chi connectivity index (χ2n) is 7.54. The van der Waals surface area contributed by atoms with Crippen LogP contribution < -0.4 is 5.32 Å². The average molecular weight is 463 g/mol. The number of benzene rings is 1. The summed E-state index contributed by atoms with van der Waals surface area (Å²) in [6.07, 6.45) is 6.87. The molecule has 33 heavy (non-hydrogen) atoms. The summed E-state index contributed by atoms with van der Waals surface area (Å²) in [6, 6.07) is 10.4. The molecule has 1 N–H and O–H groups in total. The number of nitrogens with zero attached hydrogens (tertiary/aromatic N) is 3. The van der Waals surface area contributed by atoms with Gasteiger partial charge in [-0.1, -0.05) is 49.6 Å². The predicted molar refractivity (Wildman–Crippen MR) is 137 cm³/mol. The zero-order valence-electron chi connectivity index (χ0n) is 19.2. The number of hydrogen-bond acceptors (Lipinski definition) is 6. The molecule has 3 aromatic rings. The molecule has 1 saturated heterocycles. The predicted octanol–water partition coefficient (Wildman–Crippen LogP) is 6.30. The summed E-state index contributed by atoms with van der Waals surface area (Å²) in [6.45, 7) is 15.9. The van der Waals surface area contributed by atoms with Crippen LogP contribution in [0.4, 0.5) is 6.01 Å². The minimum Gasteiger partial charge on any atom is -0.424 e. The van der Waals surface area contributed by atoms with Gasteiger partial charge in [-0.3, -0.25) is 4.79 Å². The summed E-state index contributed by atoms with van der Waals surface area (Å²) < 4.78 is 5.65. The van der Waals surface area contributed by atoms with Gasteiger partial charge in [0.05, 0.1) is 9.88 Å². The Morgan fingerprint density at radius 3 is 2.61 bits per heavy atom. The van der Waals surface area contributed by atoms with Gasteiger partial charge in [0.25, 0.3) is 11.9 Å². The number of hydrogen-bond donors (Lipinski definition) is 1. The monoisotopic (exact) mass is 462 g/mol. The van der Waals surface area contributed by atoms with Crippen molar-refractivity contribution >= 4 is 35.4 Å². The molecule has 1 aliphatic rings. The Morgan fingerprint density at radius 2 is 1.97 bits per heavy atom. The fourth-order valence-electron chi connectivity index (χ4n) is 3.73. The number of amides is 1. The van der Waals surface area contributed by atoms with Gasteiger partial charge >= 0.3 is 0 Å². The minimum atomic E-state index is -0.0199. The van der Waals surface area contributed by atoms with Crippen molar-refractivity contribution in [1.82, 2.24) is 14.9 Å². The lowest BCUT2D eigenvalue weighted by molar-refractivity contribution is 0.0739. The molecular formula is C26H30N4O2S. The zero-order valence-corrected chi connectivity index (χ0v) is 20.0. The molecular weight excluding hydrogens is 432 g/mol. The maximum atomic E-state index is 13.4. The quantitative estimate of drug-likeness (QED) is 0.417. The summed E-state index contributed by atoms with van der Waals surface area (Å²) in [5.41, 5.74) is 2.21. The van der Waals surface area contributed by atoms with Gasteiger partial charge in [-0.2, -0.15) is 4.98 Å². The first-order valence-corrected chi connectivity index (χ1v) is 11.7. The Bertz CT molecular complexity index is 1090. The van der Waals surface area contributed by atoms with Gasteiger partial charge in [0.15, 0.2) is 5.76 Å².